The van der Waals surface area contributed by atoms with Crippen LogP contribution in [-0.2, 0) is 4.79 Å². The van der Waals surface area contributed by atoms with Crippen molar-refractivity contribution in [2.24, 2.45) is 11.7 Å². The predicted molar refractivity (Wildman–Crippen MR) is 84.3 cm³/mol. The number of benzene rings is 1. The molecule has 1 fully saturated rings. The SMILES string of the molecule is NC(=S)c1ccc(Br)cc1NCCNC(=O)C1CC1. The van der Waals surface area contributed by atoms with Crippen LogP contribution in [0.25, 0.3) is 0 Å². The first-order valence-electron chi connectivity index (χ1n) is 6.19. The van der Waals surface area contributed by atoms with Crippen molar-refractivity contribution in [3.8, 4) is 0 Å². The molecule has 2 rings (SSSR count). The molecule has 1 aliphatic carbocycles. The maximum atomic E-state index is 11.5. The second kappa shape index (κ2) is 6.34. The largest absolute Gasteiger partial charge is 0.389 e. The molecular weight excluding hydrogens is 326 g/mol. The molecule has 0 spiro atoms. The molecule has 0 atom stereocenters. The van der Waals surface area contributed by atoms with Gasteiger partial charge in [0.15, 0.2) is 0 Å². The number of nitrogens with two attached hydrogens (primary N) is 1. The van der Waals surface area contributed by atoms with Gasteiger partial charge in [0.25, 0.3) is 0 Å². The van der Waals surface area contributed by atoms with E-state index in [1.54, 1.807) is 0 Å². The standard InChI is InChI=1S/C13H16BrN3OS/c14-9-3-4-10(12(15)19)11(7-9)16-5-6-17-13(18)8-1-2-8/h3-4,7-8,16H,1-2,5-6H2,(H2,15,19)(H,17,18). The number of nitrogens with one attached hydrogen (secondary N) is 2. The van der Waals surface area contributed by atoms with E-state index in [2.05, 4.69) is 26.6 Å². The predicted octanol–water partition coefficient (Wildman–Crippen LogP) is 2.02. The van der Waals surface area contributed by atoms with Gasteiger partial charge in [-0.15, -0.1) is 0 Å². The van der Waals surface area contributed by atoms with Crippen LogP contribution in [-0.4, -0.2) is 24.0 Å². The molecule has 0 unspecified atom stereocenters. The van der Waals surface area contributed by atoms with E-state index < -0.39 is 0 Å². The summed E-state index contributed by atoms with van der Waals surface area (Å²) in [4.78, 5) is 11.8. The van der Waals surface area contributed by atoms with Crippen molar-refractivity contribution in [3.05, 3.63) is 28.2 Å². The van der Waals surface area contributed by atoms with Crippen molar-refractivity contribution in [1.82, 2.24) is 5.32 Å². The van der Waals surface area contributed by atoms with Crippen LogP contribution in [0.15, 0.2) is 22.7 Å². The summed E-state index contributed by atoms with van der Waals surface area (Å²) in [6.07, 6.45) is 2.05. The number of hydrogen-bond acceptors (Lipinski definition) is 3. The average Bonchev–Trinajstić information content (AvgIpc) is 3.18. The normalized spacial score (nSPS) is 13.9. The lowest BCUT2D eigenvalue weighted by Gasteiger charge is -2.12. The third-order valence-corrected chi connectivity index (χ3v) is 3.65. The number of thiocarbonyl (C=S) groups is 1. The van der Waals surface area contributed by atoms with Gasteiger partial charge >= 0.3 is 0 Å². The molecule has 0 heterocycles. The van der Waals surface area contributed by atoms with E-state index in [1.165, 1.54) is 0 Å². The Labute approximate surface area is 126 Å². The van der Waals surface area contributed by atoms with Gasteiger partial charge in [-0.25, -0.2) is 0 Å². The maximum Gasteiger partial charge on any atom is 0.223 e. The first kappa shape index (κ1) is 14.3. The van der Waals surface area contributed by atoms with E-state index in [1.807, 2.05) is 18.2 Å². The number of hydrogen-bond donors (Lipinski definition) is 3. The fourth-order valence-electron chi connectivity index (χ4n) is 1.75. The van der Waals surface area contributed by atoms with Crippen LogP contribution < -0.4 is 16.4 Å². The van der Waals surface area contributed by atoms with Gasteiger partial charge < -0.3 is 16.4 Å². The zero-order valence-corrected chi connectivity index (χ0v) is 12.8. The van der Waals surface area contributed by atoms with Gasteiger partial charge in [0.2, 0.25) is 5.91 Å². The van der Waals surface area contributed by atoms with Crippen molar-refractivity contribution in [2.45, 2.75) is 12.8 Å². The molecule has 0 saturated heterocycles. The summed E-state index contributed by atoms with van der Waals surface area (Å²) in [7, 11) is 0. The first-order valence-corrected chi connectivity index (χ1v) is 7.39. The van der Waals surface area contributed by atoms with E-state index in [4.69, 9.17) is 18.0 Å². The van der Waals surface area contributed by atoms with Crippen LogP contribution in [0.1, 0.15) is 18.4 Å². The molecule has 102 valence electrons. The van der Waals surface area contributed by atoms with Gasteiger partial charge in [-0.2, -0.15) is 0 Å². The molecule has 4 nitrogen and oxygen atoms in total. The fraction of sp³-hybridized carbons (Fsp3) is 0.385. The zero-order chi connectivity index (χ0) is 13.8. The fourth-order valence-corrected chi connectivity index (χ4v) is 2.29. The van der Waals surface area contributed by atoms with Crippen molar-refractivity contribution < 1.29 is 4.79 Å². The van der Waals surface area contributed by atoms with Crippen LogP contribution >= 0.6 is 28.1 Å². The Morgan fingerprint density at radius 1 is 1.42 bits per heavy atom. The molecule has 1 aliphatic rings. The zero-order valence-electron chi connectivity index (χ0n) is 10.4. The summed E-state index contributed by atoms with van der Waals surface area (Å²) in [6.45, 7) is 1.24. The minimum Gasteiger partial charge on any atom is -0.389 e. The van der Waals surface area contributed by atoms with E-state index >= 15 is 0 Å². The van der Waals surface area contributed by atoms with Gasteiger partial charge in [0.05, 0.1) is 0 Å². The molecule has 0 bridgehead atoms. The second-order valence-corrected chi connectivity index (χ2v) is 5.90. The Morgan fingerprint density at radius 2 is 2.16 bits per heavy atom. The second-order valence-electron chi connectivity index (χ2n) is 4.55. The quantitative estimate of drug-likeness (QED) is 0.547. The third-order valence-electron chi connectivity index (χ3n) is 2.93. The van der Waals surface area contributed by atoms with Gasteiger partial charge in [-0.3, -0.25) is 4.79 Å². The van der Waals surface area contributed by atoms with E-state index in [9.17, 15) is 4.79 Å². The van der Waals surface area contributed by atoms with Crippen molar-refractivity contribution in [1.29, 1.82) is 0 Å². The van der Waals surface area contributed by atoms with Crippen LogP contribution in [0.3, 0.4) is 0 Å². The molecular formula is C13H16BrN3OS. The van der Waals surface area contributed by atoms with Gasteiger partial charge in [0.1, 0.15) is 4.99 Å². The summed E-state index contributed by atoms with van der Waals surface area (Å²) < 4.78 is 0.956. The van der Waals surface area contributed by atoms with E-state index in [-0.39, 0.29) is 11.8 Å². The van der Waals surface area contributed by atoms with Crippen molar-refractivity contribution in [3.63, 3.8) is 0 Å². The monoisotopic (exact) mass is 341 g/mol. The molecule has 1 amide bonds. The molecule has 1 aromatic carbocycles. The Bertz CT molecular complexity index is 503. The minimum atomic E-state index is 0.158. The Morgan fingerprint density at radius 3 is 2.79 bits per heavy atom. The topological polar surface area (TPSA) is 67.2 Å². The number of anilines is 1. The van der Waals surface area contributed by atoms with Crippen molar-refractivity contribution >= 4 is 44.7 Å². The molecule has 0 aromatic heterocycles. The van der Waals surface area contributed by atoms with Crippen LogP contribution in [0, 0.1) is 5.92 Å². The number of rotatable bonds is 6. The highest BCUT2D eigenvalue weighted by molar-refractivity contribution is 9.10. The smallest absolute Gasteiger partial charge is 0.223 e. The van der Waals surface area contributed by atoms with Crippen LogP contribution in [0.2, 0.25) is 0 Å². The minimum absolute atomic E-state index is 0.158. The molecule has 0 radical (unpaired) electrons. The molecule has 0 aliphatic heterocycles. The lowest BCUT2D eigenvalue weighted by atomic mass is 10.2. The Hall–Kier alpha value is -1.14. The highest BCUT2D eigenvalue weighted by atomic mass is 79.9. The highest BCUT2D eigenvalue weighted by Crippen LogP contribution is 2.28. The first-order chi connectivity index (χ1) is 9.08. The molecule has 19 heavy (non-hydrogen) atoms. The lowest BCUT2D eigenvalue weighted by Crippen LogP contribution is -2.30. The molecule has 1 aromatic rings. The summed E-state index contributed by atoms with van der Waals surface area (Å²) >= 11 is 8.42. The molecule has 1 saturated carbocycles. The summed E-state index contributed by atoms with van der Waals surface area (Å²) in [5, 5.41) is 6.14. The van der Waals surface area contributed by atoms with Gasteiger partial charge in [-0.1, -0.05) is 28.1 Å². The Kier molecular flexibility index (Phi) is 4.76. The number of carbonyl (C=O) groups is 1. The highest BCUT2D eigenvalue weighted by Gasteiger charge is 2.28. The number of amides is 1. The molecule has 4 N–H and O–H groups in total. The van der Waals surface area contributed by atoms with Gasteiger partial charge in [-0.05, 0) is 31.0 Å². The maximum absolute atomic E-state index is 11.5. The van der Waals surface area contributed by atoms with Gasteiger partial charge in [0, 0.05) is 34.7 Å². The Balaban J connectivity index is 1.85. The van der Waals surface area contributed by atoms with E-state index in [0.717, 1.165) is 28.6 Å². The summed E-state index contributed by atoms with van der Waals surface area (Å²) in [5.41, 5.74) is 7.36. The summed E-state index contributed by atoms with van der Waals surface area (Å²) in [6, 6.07) is 5.70. The average molecular weight is 342 g/mol. The van der Waals surface area contributed by atoms with Crippen molar-refractivity contribution in [2.75, 3.05) is 18.4 Å². The summed E-state index contributed by atoms with van der Waals surface area (Å²) in [5.74, 6) is 0.406. The lowest BCUT2D eigenvalue weighted by molar-refractivity contribution is -0.122. The third kappa shape index (κ3) is 4.18. The van der Waals surface area contributed by atoms with Crippen LogP contribution in [0.5, 0.6) is 0 Å². The van der Waals surface area contributed by atoms with Crippen LogP contribution in [0.4, 0.5) is 5.69 Å². The number of carbonyl (C=O) groups excluding carboxylic acids is 1. The number of halogens is 1. The molecule has 6 heteroatoms. The van der Waals surface area contributed by atoms with E-state index in [0.29, 0.717) is 18.1 Å².